The van der Waals surface area contributed by atoms with Crippen molar-refractivity contribution in [3.63, 3.8) is 0 Å². The number of aliphatic hydroxyl groups excluding tert-OH is 1. The number of ether oxygens (including phenoxy) is 1. The second-order valence-electron chi connectivity index (χ2n) is 7.77. The lowest BCUT2D eigenvalue weighted by molar-refractivity contribution is 0.0694. The number of rotatable bonds is 6. The van der Waals surface area contributed by atoms with Crippen molar-refractivity contribution in [2.45, 2.75) is 38.6 Å². The van der Waals surface area contributed by atoms with Crippen LogP contribution in [0.4, 0.5) is 10.1 Å². The molecule has 0 radical (unpaired) electrons. The minimum absolute atomic E-state index is 0.0463. The van der Waals surface area contributed by atoms with Crippen LogP contribution in [0.2, 0.25) is 0 Å². The lowest BCUT2D eigenvalue weighted by Crippen LogP contribution is -2.44. The Morgan fingerprint density at radius 1 is 1.32 bits per heavy atom. The molecule has 0 bridgehead atoms. The summed E-state index contributed by atoms with van der Waals surface area (Å²) < 4.78 is 22.3. The fourth-order valence-electron chi connectivity index (χ4n) is 3.77. The summed E-state index contributed by atoms with van der Waals surface area (Å²) in [5.74, 6) is -1.59. The monoisotopic (exact) mass is 435 g/mol. The molecule has 4 rings (SSSR count). The van der Waals surface area contributed by atoms with Crippen LogP contribution in [0.3, 0.4) is 0 Å². The molecule has 0 spiro atoms. The first-order chi connectivity index (χ1) is 14.9. The van der Waals surface area contributed by atoms with E-state index < -0.39 is 17.2 Å². The molecule has 2 aliphatic rings. The standard InChI is InChI=1S/C18H20FN3O4.C4H10O/c1-26-17-14-11(8-13(19)15(17)21-6-4-20-5-7-21)16(23)12(18(24)25)9-22(14)10-2-3-10;1-2-3-4-5/h8-10,20H,2-7H2,1H3,(H,24,25);5H,2-4H2,1H3. The molecule has 1 aliphatic carbocycles. The summed E-state index contributed by atoms with van der Waals surface area (Å²) >= 11 is 0. The van der Waals surface area contributed by atoms with Gasteiger partial charge in [-0.2, -0.15) is 0 Å². The van der Waals surface area contributed by atoms with Gasteiger partial charge in [-0.05, 0) is 25.3 Å². The number of anilines is 1. The van der Waals surface area contributed by atoms with E-state index in [4.69, 9.17) is 9.84 Å². The Labute approximate surface area is 180 Å². The van der Waals surface area contributed by atoms with Crippen molar-refractivity contribution < 1.29 is 24.1 Å². The summed E-state index contributed by atoms with van der Waals surface area (Å²) in [4.78, 5) is 26.0. The first kappa shape index (κ1) is 23.0. The fraction of sp³-hybridized carbons (Fsp3) is 0.545. The van der Waals surface area contributed by atoms with E-state index >= 15 is 0 Å². The van der Waals surface area contributed by atoms with Crippen LogP contribution in [0, 0.1) is 5.82 Å². The zero-order valence-corrected chi connectivity index (χ0v) is 18.0. The molecule has 0 unspecified atom stereocenters. The van der Waals surface area contributed by atoms with Crippen LogP contribution in [-0.2, 0) is 0 Å². The van der Waals surface area contributed by atoms with Gasteiger partial charge in [0.15, 0.2) is 11.6 Å². The van der Waals surface area contributed by atoms with Gasteiger partial charge in [-0.25, -0.2) is 9.18 Å². The number of methoxy groups -OCH3 is 1. The van der Waals surface area contributed by atoms with Crippen LogP contribution >= 0.6 is 0 Å². The van der Waals surface area contributed by atoms with E-state index in [0.29, 0.717) is 36.6 Å². The molecule has 1 aromatic carbocycles. The molecule has 170 valence electrons. The average Bonchev–Trinajstić information content (AvgIpc) is 3.60. The van der Waals surface area contributed by atoms with Gasteiger partial charge in [-0.15, -0.1) is 0 Å². The number of piperazine rings is 1. The number of aliphatic hydroxyl groups is 1. The number of benzene rings is 1. The van der Waals surface area contributed by atoms with Crippen molar-refractivity contribution in [3.05, 3.63) is 33.9 Å². The van der Waals surface area contributed by atoms with Crippen LogP contribution < -0.4 is 20.4 Å². The van der Waals surface area contributed by atoms with E-state index in [0.717, 1.165) is 44.8 Å². The predicted molar refractivity (Wildman–Crippen MR) is 117 cm³/mol. The topological polar surface area (TPSA) is 104 Å². The first-order valence-electron chi connectivity index (χ1n) is 10.7. The van der Waals surface area contributed by atoms with Gasteiger partial charge in [0, 0.05) is 45.0 Å². The summed E-state index contributed by atoms with van der Waals surface area (Å²) in [6.07, 6.45) is 5.18. The van der Waals surface area contributed by atoms with Crippen LogP contribution in [-0.4, -0.2) is 60.6 Å². The van der Waals surface area contributed by atoms with Gasteiger partial charge in [0.25, 0.3) is 0 Å². The molecule has 2 fully saturated rings. The quantitative estimate of drug-likeness (QED) is 0.640. The van der Waals surface area contributed by atoms with Crippen molar-refractivity contribution >= 4 is 22.6 Å². The van der Waals surface area contributed by atoms with Gasteiger partial charge in [-0.3, -0.25) is 4.79 Å². The van der Waals surface area contributed by atoms with Crippen LogP contribution in [0.1, 0.15) is 49.0 Å². The summed E-state index contributed by atoms with van der Waals surface area (Å²) in [5, 5.41) is 20.7. The Morgan fingerprint density at radius 2 is 2.00 bits per heavy atom. The maximum Gasteiger partial charge on any atom is 0.341 e. The molecule has 1 saturated carbocycles. The highest BCUT2D eigenvalue weighted by Crippen LogP contribution is 2.43. The molecule has 31 heavy (non-hydrogen) atoms. The highest BCUT2D eigenvalue weighted by molar-refractivity contribution is 5.97. The molecule has 3 N–H and O–H groups in total. The van der Waals surface area contributed by atoms with Gasteiger partial charge in [-0.1, -0.05) is 13.3 Å². The predicted octanol–water partition coefficient (Wildman–Crippen LogP) is 2.37. The van der Waals surface area contributed by atoms with E-state index in [1.54, 1.807) is 4.57 Å². The first-order valence-corrected chi connectivity index (χ1v) is 10.7. The number of halogens is 1. The third kappa shape index (κ3) is 4.83. The Balaban J connectivity index is 0.000000491. The molecule has 1 aliphatic heterocycles. The number of carbonyl (C=O) groups is 1. The number of aromatic nitrogens is 1. The summed E-state index contributed by atoms with van der Waals surface area (Å²) in [5.41, 5.74) is -0.229. The summed E-state index contributed by atoms with van der Waals surface area (Å²) in [6, 6.07) is 1.26. The second-order valence-corrected chi connectivity index (χ2v) is 7.77. The van der Waals surface area contributed by atoms with Gasteiger partial charge in [0.2, 0.25) is 5.43 Å². The number of hydrogen-bond acceptors (Lipinski definition) is 6. The molecule has 9 heteroatoms. The molecule has 8 nitrogen and oxygen atoms in total. The number of hydrogen-bond donors (Lipinski definition) is 3. The summed E-state index contributed by atoms with van der Waals surface area (Å²) in [7, 11) is 1.45. The minimum Gasteiger partial charge on any atom is -0.492 e. The number of aromatic carboxylic acids is 1. The van der Waals surface area contributed by atoms with E-state index in [1.165, 1.54) is 13.3 Å². The number of nitrogens with one attached hydrogen (secondary N) is 1. The smallest absolute Gasteiger partial charge is 0.341 e. The van der Waals surface area contributed by atoms with Crippen molar-refractivity contribution in [2.24, 2.45) is 0 Å². The van der Waals surface area contributed by atoms with Crippen LogP contribution in [0.25, 0.3) is 10.9 Å². The molecular formula is C22H30FN3O5. The number of pyridine rings is 1. The van der Waals surface area contributed by atoms with Crippen molar-refractivity contribution in [2.75, 3.05) is 44.8 Å². The Hall–Kier alpha value is -2.65. The average molecular weight is 435 g/mol. The van der Waals surface area contributed by atoms with Crippen molar-refractivity contribution in [1.29, 1.82) is 0 Å². The number of carboxylic acid groups (broad SMARTS) is 1. The third-order valence-electron chi connectivity index (χ3n) is 5.52. The Morgan fingerprint density at radius 3 is 2.48 bits per heavy atom. The van der Waals surface area contributed by atoms with E-state index in [-0.39, 0.29) is 17.0 Å². The molecule has 0 amide bonds. The minimum atomic E-state index is -1.31. The molecule has 2 heterocycles. The Bertz CT molecular complexity index is 995. The molecule has 0 atom stereocenters. The van der Waals surface area contributed by atoms with E-state index in [1.807, 2.05) is 4.90 Å². The van der Waals surface area contributed by atoms with E-state index in [9.17, 15) is 19.1 Å². The highest BCUT2D eigenvalue weighted by Gasteiger charge is 2.31. The number of carboxylic acids is 1. The number of unbranched alkanes of at least 4 members (excludes halogenated alkanes) is 1. The van der Waals surface area contributed by atoms with Crippen LogP contribution in [0.5, 0.6) is 5.75 Å². The summed E-state index contributed by atoms with van der Waals surface area (Å²) in [6.45, 7) is 5.11. The fourth-order valence-corrected chi connectivity index (χ4v) is 3.77. The number of nitrogens with zero attached hydrogens (tertiary/aromatic N) is 2. The highest BCUT2D eigenvalue weighted by atomic mass is 19.1. The van der Waals surface area contributed by atoms with Crippen molar-refractivity contribution in [3.8, 4) is 5.75 Å². The largest absolute Gasteiger partial charge is 0.492 e. The van der Waals surface area contributed by atoms with Crippen LogP contribution in [0.15, 0.2) is 17.1 Å². The lowest BCUT2D eigenvalue weighted by Gasteiger charge is -2.31. The van der Waals surface area contributed by atoms with E-state index in [2.05, 4.69) is 12.2 Å². The second kappa shape index (κ2) is 10.1. The van der Waals surface area contributed by atoms with Gasteiger partial charge >= 0.3 is 5.97 Å². The maximum absolute atomic E-state index is 15.0. The van der Waals surface area contributed by atoms with Crippen molar-refractivity contribution in [1.82, 2.24) is 9.88 Å². The SMILES string of the molecule is CCCCO.COc1c(N2CCNCC2)c(F)cc2c(=O)c(C(=O)O)cn(C3CC3)c12. The normalized spacial score (nSPS) is 16.1. The van der Waals surface area contributed by atoms with Gasteiger partial charge < -0.3 is 29.7 Å². The zero-order chi connectivity index (χ0) is 22.5. The third-order valence-corrected chi connectivity index (χ3v) is 5.52. The molecule has 1 saturated heterocycles. The zero-order valence-electron chi connectivity index (χ0n) is 18.0. The molecule has 2 aromatic rings. The van der Waals surface area contributed by atoms with Gasteiger partial charge in [0.05, 0.1) is 18.0 Å². The number of fused-ring (bicyclic) bond motifs is 1. The Kier molecular flexibility index (Phi) is 7.50. The van der Waals surface area contributed by atoms with Gasteiger partial charge in [0.1, 0.15) is 11.3 Å². The molecule has 1 aromatic heterocycles. The molecular weight excluding hydrogens is 405 g/mol. The lowest BCUT2D eigenvalue weighted by atomic mass is 10.1. The maximum atomic E-state index is 15.0.